The van der Waals surface area contributed by atoms with Crippen LogP contribution in [0.15, 0.2) is 41.8 Å². The van der Waals surface area contributed by atoms with Gasteiger partial charge in [0.05, 0.1) is 16.3 Å². The predicted octanol–water partition coefficient (Wildman–Crippen LogP) is 5.66. The summed E-state index contributed by atoms with van der Waals surface area (Å²) in [6, 6.07) is 6.42. The highest BCUT2D eigenvalue weighted by atomic mass is 35.5. The van der Waals surface area contributed by atoms with Crippen molar-refractivity contribution >= 4 is 40.2 Å². The van der Waals surface area contributed by atoms with Crippen molar-refractivity contribution in [2.45, 2.75) is 6.18 Å². The topological polar surface area (TPSA) is 59.3 Å². The number of rotatable bonds is 3. The molecule has 0 aliphatic heterocycles. The van der Waals surface area contributed by atoms with Crippen LogP contribution >= 0.6 is 22.9 Å². The lowest BCUT2D eigenvalue weighted by atomic mass is 10.2. The van der Waals surface area contributed by atoms with Crippen molar-refractivity contribution in [1.82, 2.24) is 14.6 Å². The number of carbonyl (C=O) groups excluding carboxylic acids is 1. The first-order valence-electron chi connectivity index (χ1n) is 8.12. The van der Waals surface area contributed by atoms with E-state index in [2.05, 4.69) is 15.4 Å². The molecule has 30 heavy (non-hydrogen) atoms. The van der Waals surface area contributed by atoms with Crippen LogP contribution in [0.1, 0.15) is 16.2 Å². The van der Waals surface area contributed by atoms with Crippen molar-refractivity contribution in [1.29, 1.82) is 0 Å². The van der Waals surface area contributed by atoms with E-state index in [0.29, 0.717) is 15.5 Å². The van der Waals surface area contributed by atoms with E-state index in [1.807, 2.05) is 0 Å². The van der Waals surface area contributed by atoms with Gasteiger partial charge in [-0.3, -0.25) is 4.79 Å². The van der Waals surface area contributed by atoms with Gasteiger partial charge in [-0.2, -0.15) is 18.3 Å². The normalized spacial score (nSPS) is 11.8. The molecule has 4 rings (SSSR count). The molecule has 0 unspecified atom stereocenters. The van der Waals surface area contributed by atoms with Crippen molar-refractivity contribution < 1.29 is 26.7 Å². The molecule has 5 nitrogen and oxygen atoms in total. The standard InChI is InChI=1S/C18H8ClF5N4OS/c19-14-15(17(29)26-10-4-3-8(20)6-9(10)21)27-28-13(18(22,23)24)7-11(25-16(14)28)12-2-1-5-30-12/h1-7H,(H,26,29). The Morgan fingerprint density at radius 2 is 1.93 bits per heavy atom. The van der Waals surface area contributed by atoms with Gasteiger partial charge in [0.1, 0.15) is 16.7 Å². The lowest BCUT2D eigenvalue weighted by Gasteiger charge is -2.10. The van der Waals surface area contributed by atoms with Gasteiger partial charge >= 0.3 is 6.18 Å². The molecule has 3 aromatic heterocycles. The molecule has 1 amide bonds. The minimum atomic E-state index is -4.82. The molecule has 0 saturated carbocycles. The van der Waals surface area contributed by atoms with Gasteiger partial charge in [0.15, 0.2) is 17.0 Å². The van der Waals surface area contributed by atoms with Gasteiger partial charge in [-0.05, 0) is 29.6 Å². The summed E-state index contributed by atoms with van der Waals surface area (Å²) in [4.78, 5) is 17.0. The summed E-state index contributed by atoms with van der Waals surface area (Å²) in [7, 11) is 0. The SMILES string of the molecule is O=C(Nc1ccc(F)cc1F)c1nn2c(C(F)(F)F)cc(-c3cccs3)nc2c1Cl. The molecule has 0 fully saturated rings. The highest BCUT2D eigenvalue weighted by Gasteiger charge is 2.37. The number of aromatic nitrogens is 3. The molecule has 0 aliphatic rings. The Labute approximate surface area is 173 Å². The molecule has 1 N–H and O–H groups in total. The van der Waals surface area contributed by atoms with E-state index in [4.69, 9.17) is 11.6 Å². The maximum Gasteiger partial charge on any atom is 0.433 e. The third kappa shape index (κ3) is 3.61. The van der Waals surface area contributed by atoms with Crippen LogP contribution in [0, 0.1) is 11.6 Å². The smallest absolute Gasteiger partial charge is 0.318 e. The van der Waals surface area contributed by atoms with Crippen LogP contribution in [0.2, 0.25) is 5.02 Å². The third-order valence-corrected chi connectivity index (χ3v) is 5.23. The summed E-state index contributed by atoms with van der Waals surface area (Å²) in [6.07, 6.45) is -4.82. The molecule has 3 heterocycles. The molecule has 12 heteroatoms. The second-order valence-electron chi connectivity index (χ2n) is 5.98. The zero-order valence-corrected chi connectivity index (χ0v) is 16.0. The van der Waals surface area contributed by atoms with Crippen molar-refractivity contribution in [2.24, 2.45) is 0 Å². The van der Waals surface area contributed by atoms with E-state index in [-0.39, 0.29) is 11.3 Å². The molecule has 0 bridgehead atoms. The number of alkyl halides is 3. The Kier molecular flexibility index (Phi) is 4.94. The number of thiophene rings is 1. The first-order valence-corrected chi connectivity index (χ1v) is 9.37. The lowest BCUT2D eigenvalue weighted by Crippen LogP contribution is -2.16. The van der Waals surface area contributed by atoms with Crippen LogP contribution in [0.5, 0.6) is 0 Å². The Morgan fingerprint density at radius 3 is 2.57 bits per heavy atom. The summed E-state index contributed by atoms with van der Waals surface area (Å²) in [6.45, 7) is 0. The fourth-order valence-corrected chi connectivity index (χ4v) is 3.59. The maximum absolute atomic E-state index is 13.8. The molecular weight excluding hydrogens is 451 g/mol. The van der Waals surface area contributed by atoms with Crippen LogP contribution in [0.25, 0.3) is 16.2 Å². The monoisotopic (exact) mass is 458 g/mol. The Hall–Kier alpha value is -3.05. The molecular formula is C18H8ClF5N4OS. The Morgan fingerprint density at radius 1 is 1.17 bits per heavy atom. The minimum Gasteiger partial charge on any atom is -0.318 e. The minimum absolute atomic E-state index is 0.00293. The van der Waals surface area contributed by atoms with Gasteiger partial charge in [0, 0.05) is 6.07 Å². The fourth-order valence-electron chi connectivity index (χ4n) is 2.66. The van der Waals surface area contributed by atoms with Crippen LogP contribution in [0.4, 0.5) is 27.6 Å². The number of halogens is 6. The molecule has 0 aliphatic carbocycles. The zero-order chi connectivity index (χ0) is 21.6. The summed E-state index contributed by atoms with van der Waals surface area (Å²) in [5.74, 6) is -3.02. The van der Waals surface area contributed by atoms with Crippen molar-refractivity contribution in [2.75, 3.05) is 5.32 Å². The van der Waals surface area contributed by atoms with Gasteiger partial charge < -0.3 is 5.32 Å². The number of amides is 1. The molecule has 4 aromatic rings. The molecule has 0 spiro atoms. The number of nitrogens with zero attached hydrogens (tertiary/aromatic N) is 3. The van der Waals surface area contributed by atoms with Crippen LogP contribution in [-0.2, 0) is 6.18 Å². The second kappa shape index (κ2) is 7.33. The van der Waals surface area contributed by atoms with Crippen molar-refractivity contribution in [3.8, 4) is 10.6 Å². The maximum atomic E-state index is 13.8. The van der Waals surface area contributed by atoms with Crippen LogP contribution in [-0.4, -0.2) is 20.5 Å². The Bertz CT molecular complexity index is 1270. The van der Waals surface area contributed by atoms with Gasteiger partial charge in [-0.15, -0.1) is 11.3 Å². The molecule has 154 valence electrons. The largest absolute Gasteiger partial charge is 0.433 e. The number of carbonyl (C=O) groups is 1. The first-order chi connectivity index (χ1) is 14.1. The fraction of sp³-hybridized carbons (Fsp3) is 0.0556. The van der Waals surface area contributed by atoms with Gasteiger partial charge in [0.2, 0.25) is 0 Å². The first kappa shape index (κ1) is 20.2. The average Bonchev–Trinajstić information content (AvgIpc) is 3.31. The van der Waals surface area contributed by atoms with Gasteiger partial charge in [-0.25, -0.2) is 18.3 Å². The quantitative estimate of drug-likeness (QED) is 0.403. The molecule has 0 radical (unpaired) electrons. The van der Waals surface area contributed by atoms with E-state index in [1.165, 1.54) is 11.3 Å². The molecule has 0 atom stereocenters. The number of anilines is 1. The number of benzene rings is 1. The number of hydrogen-bond donors (Lipinski definition) is 1. The molecule has 0 saturated heterocycles. The number of fused-ring (bicyclic) bond motifs is 1. The Balaban J connectivity index is 1.84. The molecule has 1 aromatic carbocycles. The van der Waals surface area contributed by atoms with Crippen LogP contribution in [0.3, 0.4) is 0 Å². The summed E-state index contributed by atoms with van der Waals surface area (Å²) in [5.41, 5.74) is -2.56. The summed E-state index contributed by atoms with van der Waals surface area (Å²) >= 11 is 7.29. The second-order valence-corrected chi connectivity index (χ2v) is 7.30. The number of hydrogen-bond acceptors (Lipinski definition) is 4. The third-order valence-electron chi connectivity index (χ3n) is 3.99. The van der Waals surface area contributed by atoms with Crippen molar-refractivity contribution in [3.63, 3.8) is 0 Å². The van der Waals surface area contributed by atoms with E-state index in [0.717, 1.165) is 18.2 Å². The lowest BCUT2D eigenvalue weighted by molar-refractivity contribution is -0.142. The number of nitrogens with one attached hydrogen (secondary N) is 1. The van der Waals surface area contributed by atoms with Gasteiger partial charge in [-0.1, -0.05) is 17.7 Å². The summed E-state index contributed by atoms with van der Waals surface area (Å²) < 4.78 is 68.0. The van der Waals surface area contributed by atoms with E-state index in [9.17, 15) is 26.7 Å². The van der Waals surface area contributed by atoms with Crippen LogP contribution < -0.4 is 5.32 Å². The average molecular weight is 459 g/mol. The van der Waals surface area contributed by atoms with Gasteiger partial charge in [0.25, 0.3) is 5.91 Å². The highest BCUT2D eigenvalue weighted by molar-refractivity contribution is 7.13. The van der Waals surface area contributed by atoms with E-state index in [1.54, 1.807) is 17.5 Å². The van der Waals surface area contributed by atoms with E-state index < -0.39 is 45.8 Å². The van der Waals surface area contributed by atoms with E-state index >= 15 is 0 Å². The van der Waals surface area contributed by atoms with Crippen molar-refractivity contribution in [3.05, 3.63) is 69.8 Å². The zero-order valence-electron chi connectivity index (χ0n) is 14.5. The predicted molar refractivity (Wildman–Crippen MR) is 101 cm³/mol. The summed E-state index contributed by atoms with van der Waals surface area (Å²) in [5, 5.41) is 6.97. The highest BCUT2D eigenvalue weighted by Crippen LogP contribution is 2.35.